The molecule has 0 aromatic heterocycles. The fraction of sp³-hybridized carbons (Fsp3) is 0.676. The van der Waals surface area contributed by atoms with Crippen molar-refractivity contribution in [1.29, 1.82) is 0 Å². The van der Waals surface area contributed by atoms with Gasteiger partial charge in [-0.05, 0) is 41.7 Å². The van der Waals surface area contributed by atoms with Crippen LogP contribution in [0.15, 0.2) is 48.6 Å². The maximum Gasteiger partial charge on any atom is 0.460 e. The second-order valence-corrected chi connectivity index (χ2v) is 18.5. The number of hydrogen-bond donors (Lipinski definition) is 1. The van der Waals surface area contributed by atoms with Crippen LogP contribution < -0.4 is 4.74 Å². The highest BCUT2D eigenvalue weighted by atomic mass is 28.4. The molecule has 0 fully saturated rings. The molecular weight excluding hydrogens is 839 g/mol. The molecule has 0 bridgehead atoms. The molecule has 57 heavy (non-hydrogen) atoms. The van der Waals surface area contributed by atoms with Gasteiger partial charge in [-0.15, -0.1) is 0 Å². The molecule has 0 aliphatic heterocycles. The summed E-state index contributed by atoms with van der Waals surface area (Å²) in [5.74, 6) is -57.5. The lowest BCUT2D eigenvalue weighted by molar-refractivity contribution is -0.461. The number of carbonyl (C=O) groups is 1. The number of benzene rings is 1. The van der Waals surface area contributed by atoms with Gasteiger partial charge in [-0.25, -0.2) is 4.79 Å². The van der Waals surface area contributed by atoms with Gasteiger partial charge >= 0.3 is 53.6 Å². The van der Waals surface area contributed by atoms with E-state index in [2.05, 4.69) is 0 Å². The smallest absolute Gasteiger partial charge is 0.460 e. The maximum absolute atomic E-state index is 14.9. The number of ether oxygens (including phenoxy) is 2. The number of allylic oxidation sites excluding steroid dienone is 2. The molecular formula is C34H41F17O5Si. The zero-order valence-electron chi connectivity index (χ0n) is 31.0. The number of halogens is 17. The average Bonchev–Trinajstić information content (AvgIpc) is 3.08. The molecule has 0 saturated carbocycles. The van der Waals surface area contributed by atoms with Crippen molar-refractivity contribution >= 4 is 14.3 Å². The molecule has 0 aliphatic carbocycles. The third-order valence-corrected chi connectivity index (χ3v) is 14.7. The van der Waals surface area contributed by atoms with Crippen LogP contribution in [0, 0.1) is 5.92 Å². The van der Waals surface area contributed by atoms with E-state index in [4.69, 9.17) is 13.9 Å². The highest BCUT2D eigenvalue weighted by Gasteiger charge is 2.95. The summed E-state index contributed by atoms with van der Waals surface area (Å²) < 4.78 is 250. The van der Waals surface area contributed by atoms with Crippen molar-refractivity contribution in [2.45, 2.75) is 119 Å². The van der Waals surface area contributed by atoms with E-state index in [9.17, 15) is 84.5 Å². The summed E-state index contributed by atoms with van der Waals surface area (Å²) in [6.07, 6.45) is -5.68. The van der Waals surface area contributed by atoms with E-state index in [1.165, 1.54) is 70.2 Å². The number of alkyl halides is 17. The highest BCUT2D eigenvalue weighted by molar-refractivity contribution is 6.76. The fourth-order valence-electron chi connectivity index (χ4n) is 5.48. The quantitative estimate of drug-likeness (QED) is 0.0314. The molecule has 1 aromatic carbocycles. The van der Waals surface area contributed by atoms with Crippen molar-refractivity contribution in [3.8, 4) is 5.75 Å². The Labute approximate surface area is 317 Å². The average molecular weight is 881 g/mol. The second kappa shape index (κ2) is 18.5. The van der Waals surface area contributed by atoms with Gasteiger partial charge in [0.05, 0.1) is 19.3 Å². The van der Waals surface area contributed by atoms with Crippen LogP contribution in [-0.2, 0) is 14.0 Å². The van der Waals surface area contributed by atoms with Gasteiger partial charge in [-0.1, -0.05) is 65.0 Å². The van der Waals surface area contributed by atoms with Crippen molar-refractivity contribution in [2.24, 2.45) is 5.92 Å². The Morgan fingerprint density at radius 1 is 0.684 bits per heavy atom. The van der Waals surface area contributed by atoms with Gasteiger partial charge in [-0.3, -0.25) is 0 Å². The monoisotopic (exact) mass is 880 g/mol. The van der Waals surface area contributed by atoms with Gasteiger partial charge in [0.1, 0.15) is 12.4 Å². The van der Waals surface area contributed by atoms with Crippen LogP contribution in [0.25, 0.3) is 0 Å². The minimum Gasteiger partial charge on any atom is -0.491 e. The van der Waals surface area contributed by atoms with E-state index in [-0.39, 0.29) is 19.0 Å². The number of aliphatic hydroxyl groups excluding tert-OH is 1. The number of carbonyl (C=O) groups excluding carboxylic acids is 1. The third-order valence-electron chi connectivity index (χ3n) is 9.06. The number of hydrogen-bond acceptors (Lipinski definition) is 5. The van der Waals surface area contributed by atoms with Crippen LogP contribution in [0.4, 0.5) is 74.6 Å². The molecule has 0 radical (unpaired) electrons. The van der Waals surface area contributed by atoms with Crippen molar-refractivity contribution in [3.63, 3.8) is 0 Å². The van der Waals surface area contributed by atoms with Gasteiger partial charge in [-0.2, -0.15) is 74.6 Å². The standard InChI is InChI=1S/C34H41F17O5Si/c1-7-54-25(52)11-9-8-10-22(6)26(53)23-12-14-24(15-13-23)55-17-18-56-57(20(2)3,21(4)5)19-16-27(35,36)28(37,38)29(39,40)30(41,42)31(43,44)32(45,46)33(47,48)34(49,50)51/h8-15,20-22,26,53H,7,16-19H2,1-6H3/b10-8+,11-9+/t22-,26-/m1/s1. The first kappa shape index (κ1) is 51.9. The predicted molar refractivity (Wildman–Crippen MR) is 173 cm³/mol. The minimum atomic E-state index is -8.68. The molecule has 330 valence electrons. The Balaban J connectivity index is 3.17. The third kappa shape index (κ3) is 10.4. The lowest BCUT2D eigenvalue weighted by Gasteiger charge is -2.44. The normalized spacial score (nSPS) is 15.9. The molecule has 0 amide bonds. The Morgan fingerprint density at radius 2 is 1.14 bits per heavy atom. The van der Waals surface area contributed by atoms with Gasteiger partial charge in [0, 0.05) is 18.4 Å². The molecule has 0 spiro atoms. The highest BCUT2D eigenvalue weighted by Crippen LogP contribution is 2.64. The van der Waals surface area contributed by atoms with Crippen molar-refractivity contribution in [3.05, 3.63) is 54.1 Å². The van der Waals surface area contributed by atoms with Crippen molar-refractivity contribution < 1.29 is 98.4 Å². The molecule has 23 heteroatoms. The zero-order chi connectivity index (χ0) is 44.9. The van der Waals surface area contributed by atoms with Gasteiger partial charge in [0.15, 0.2) is 8.32 Å². The van der Waals surface area contributed by atoms with Gasteiger partial charge in [0.25, 0.3) is 0 Å². The van der Waals surface area contributed by atoms with Crippen LogP contribution in [0.2, 0.25) is 17.1 Å². The molecule has 0 saturated heterocycles. The molecule has 1 N–H and O–H groups in total. The SMILES string of the molecule is CCOC(=O)/C=C/C=C/[C@@H](C)[C@@H](O)c1ccc(OCCO[Si](CCC(F)(F)C(F)(F)C(F)(F)C(F)(F)C(F)(F)C(F)(F)C(F)(F)C(F)(F)F)(C(C)C)C(C)C)cc1. The first-order valence-corrected chi connectivity index (χ1v) is 19.1. The van der Waals surface area contributed by atoms with E-state index >= 15 is 0 Å². The number of rotatable bonds is 22. The Hall–Kier alpha value is -3.08. The second-order valence-electron chi connectivity index (χ2n) is 13.5. The summed E-state index contributed by atoms with van der Waals surface area (Å²) >= 11 is 0. The van der Waals surface area contributed by atoms with Crippen LogP contribution >= 0.6 is 0 Å². The van der Waals surface area contributed by atoms with Crippen molar-refractivity contribution in [2.75, 3.05) is 19.8 Å². The molecule has 0 unspecified atom stereocenters. The Bertz CT molecular complexity index is 1500. The van der Waals surface area contributed by atoms with E-state index in [0.717, 1.165) is 0 Å². The number of esters is 1. The van der Waals surface area contributed by atoms with E-state index < -0.39 is 104 Å². The molecule has 5 nitrogen and oxygen atoms in total. The number of aliphatic hydroxyl groups is 1. The molecule has 2 atom stereocenters. The van der Waals surface area contributed by atoms with E-state index in [0.29, 0.717) is 5.56 Å². The van der Waals surface area contributed by atoms with Crippen LogP contribution in [0.1, 0.15) is 59.6 Å². The fourth-order valence-corrected chi connectivity index (χ4v) is 9.95. The first-order chi connectivity index (χ1) is 25.6. The summed E-state index contributed by atoms with van der Waals surface area (Å²) in [6.45, 7) is 7.93. The van der Waals surface area contributed by atoms with Gasteiger partial charge < -0.3 is 19.0 Å². The molecule has 1 rings (SSSR count). The topological polar surface area (TPSA) is 65.0 Å². The van der Waals surface area contributed by atoms with Crippen molar-refractivity contribution in [1.82, 2.24) is 0 Å². The largest absolute Gasteiger partial charge is 0.491 e. The summed E-state index contributed by atoms with van der Waals surface area (Å²) in [6, 6.07) is 4.47. The van der Waals surface area contributed by atoms with Gasteiger partial charge in [0.2, 0.25) is 0 Å². The Kier molecular flexibility index (Phi) is 16.8. The maximum atomic E-state index is 14.9. The van der Waals surface area contributed by atoms with Crippen LogP contribution in [0.3, 0.4) is 0 Å². The minimum absolute atomic E-state index is 0.168. The lowest BCUT2D eigenvalue weighted by atomic mass is 9.88. The summed E-state index contributed by atoms with van der Waals surface area (Å²) in [5.41, 5.74) is -1.28. The van der Waals surface area contributed by atoms with Crippen LogP contribution in [-0.4, -0.2) is 86.8 Å². The Morgan fingerprint density at radius 3 is 1.58 bits per heavy atom. The predicted octanol–water partition coefficient (Wildman–Crippen LogP) is 11.6. The zero-order valence-corrected chi connectivity index (χ0v) is 32.0. The summed E-state index contributed by atoms with van der Waals surface area (Å²) in [7, 11) is -3.94. The van der Waals surface area contributed by atoms with E-state index in [1.54, 1.807) is 19.9 Å². The molecule has 1 aromatic rings. The van der Waals surface area contributed by atoms with Crippen LogP contribution in [0.5, 0.6) is 5.75 Å². The molecule has 0 heterocycles. The first-order valence-electron chi connectivity index (χ1n) is 16.8. The molecule has 0 aliphatic rings. The summed E-state index contributed by atoms with van der Waals surface area (Å²) in [5, 5.41) is 10.6. The van der Waals surface area contributed by atoms with E-state index in [1.807, 2.05) is 0 Å². The summed E-state index contributed by atoms with van der Waals surface area (Å²) in [4.78, 5) is 11.3. The lowest BCUT2D eigenvalue weighted by Crippen LogP contribution is -2.74.